The number of thiophene rings is 1. The molecule has 1 heterocycles. The largest absolute Gasteiger partial charge is 0.493 e. The van der Waals surface area contributed by atoms with Crippen LogP contribution in [0.15, 0.2) is 12.1 Å². The zero-order valence-corrected chi connectivity index (χ0v) is 18.3. The second-order valence-corrected chi connectivity index (χ2v) is 14.2. The Morgan fingerprint density at radius 1 is 1.21 bits per heavy atom. The van der Waals surface area contributed by atoms with Crippen molar-refractivity contribution >= 4 is 41.2 Å². The number of benzene rings is 1. The van der Waals surface area contributed by atoms with Crippen molar-refractivity contribution in [2.75, 3.05) is 20.5 Å². The normalized spacial score (nSPS) is 11.6. The van der Waals surface area contributed by atoms with Crippen LogP contribution in [0.1, 0.15) is 22.5 Å². The van der Waals surface area contributed by atoms with Crippen molar-refractivity contribution in [3.8, 4) is 11.5 Å². The van der Waals surface area contributed by atoms with Crippen LogP contribution in [0.3, 0.4) is 0 Å². The van der Waals surface area contributed by atoms with Gasteiger partial charge in [-0.1, -0.05) is 19.6 Å². The van der Waals surface area contributed by atoms with Crippen molar-refractivity contribution in [2.45, 2.75) is 38.5 Å². The number of carboxylic acid groups (broad SMARTS) is 1. The molecule has 0 spiro atoms. The van der Waals surface area contributed by atoms with Gasteiger partial charge in [-0.05, 0) is 12.1 Å². The highest BCUT2D eigenvalue weighted by Gasteiger charge is 2.21. The molecule has 0 bridgehead atoms. The molecule has 0 unspecified atom stereocenters. The number of fused-ring (bicyclic) bond motifs is 1. The van der Waals surface area contributed by atoms with Gasteiger partial charge < -0.3 is 19.3 Å². The van der Waals surface area contributed by atoms with Gasteiger partial charge >= 0.3 is 5.97 Å². The Kier molecular flexibility index (Phi) is 7.56. The van der Waals surface area contributed by atoms with Gasteiger partial charge in [-0.25, -0.2) is 4.39 Å². The lowest BCUT2D eigenvalue weighted by atomic mass is 10.1. The number of ketones is 1. The molecule has 0 fully saturated rings. The third kappa shape index (κ3) is 6.01. The summed E-state index contributed by atoms with van der Waals surface area (Å²) in [5.41, 5.74) is 0. The Morgan fingerprint density at radius 3 is 2.54 bits per heavy atom. The highest BCUT2D eigenvalue weighted by atomic mass is 32.1. The maximum atomic E-state index is 15.0. The second kappa shape index (κ2) is 9.49. The average Bonchev–Trinajstić information content (AvgIpc) is 3.04. The first-order valence-electron chi connectivity index (χ1n) is 8.88. The van der Waals surface area contributed by atoms with E-state index in [1.54, 1.807) is 6.07 Å². The number of hydrogen-bond acceptors (Lipinski definition) is 6. The van der Waals surface area contributed by atoms with E-state index in [0.717, 1.165) is 17.4 Å². The summed E-state index contributed by atoms with van der Waals surface area (Å²) in [7, 11) is 0.189. The first kappa shape index (κ1) is 22.3. The van der Waals surface area contributed by atoms with Gasteiger partial charge in [0.2, 0.25) is 5.75 Å². The van der Waals surface area contributed by atoms with Gasteiger partial charge in [0.25, 0.3) is 0 Å². The van der Waals surface area contributed by atoms with Crippen LogP contribution in [0, 0.1) is 5.82 Å². The topological polar surface area (TPSA) is 82.1 Å². The second-order valence-electron chi connectivity index (χ2n) is 7.54. The van der Waals surface area contributed by atoms with Gasteiger partial charge in [0.15, 0.2) is 24.1 Å². The van der Waals surface area contributed by atoms with Crippen LogP contribution in [-0.4, -0.2) is 45.4 Å². The van der Waals surface area contributed by atoms with E-state index in [-0.39, 0.29) is 42.3 Å². The predicted molar refractivity (Wildman–Crippen MR) is 109 cm³/mol. The van der Waals surface area contributed by atoms with Gasteiger partial charge in [-0.3, -0.25) is 9.59 Å². The first-order valence-corrected chi connectivity index (χ1v) is 13.4. The molecule has 9 heteroatoms. The van der Waals surface area contributed by atoms with Gasteiger partial charge in [0.1, 0.15) is 0 Å². The highest BCUT2D eigenvalue weighted by molar-refractivity contribution is 7.20. The van der Waals surface area contributed by atoms with E-state index in [1.165, 1.54) is 13.2 Å². The number of hydrogen-bond donors (Lipinski definition) is 1. The van der Waals surface area contributed by atoms with E-state index >= 15 is 0 Å². The summed E-state index contributed by atoms with van der Waals surface area (Å²) in [4.78, 5) is 23.1. The average molecular weight is 429 g/mol. The van der Waals surface area contributed by atoms with Gasteiger partial charge in [-0.15, -0.1) is 11.3 Å². The van der Waals surface area contributed by atoms with Crippen LogP contribution in [-0.2, 0) is 9.53 Å². The molecule has 0 amide bonds. The summed E-state index contributed by atoms with van der Waals surface area (Å²) >= 11 is 1.10. The highest BCUT2D eigenvalue weighted by Crippen LogP contribution is 2.40. The molecular formula is C19H25FO6SSi. The molecule has 28 heavy (non-hydrogen) atoms. The van der Waals surface area contributed by atoms with Gasteiger partial charge in [0, 0.05) is 37.3 Å². The third-order valence-electron chi connectivity index (χ3n) is 4.03. The van der Waals surface area contributed by atoms with Crippen molar-refractivity contribution in [3.63, 3.8) is 0 Å². The quantitative estimate of drug-likeness (QED) is 0.240. The van der Waals surface area contributed by atoms with E-state index in [2.05, 4.69) is 19.6 Å². The van der Waals surface area contributed by atoms with Crippen LogP contribution in [0.5, 0.6) is 11.5 Å². The van der Waals surface area contributed by atoms with Gasteiger partial charge in [0.05, 0.1) is 18.4 Å². The lowest BCUT2D eigenvalue weighted by molar-refractivity contribution is -0.136. The zero-order valence-electron chi connectivity index (χ0n) is 16.5. The number of carbonyl (C=O) groups excluding carboxylic acids is 1. The smallest absolute Gasteiger partial charge is 0.303 e. The van der Waals surface area contributed by atoms with E-state index in [9.17, 15) is 14.0 Å². The van der Waals surface area contributed by atoms with Crippen molar-refractivity contribution in [1.82, 2.24) is 0 Å². The monoisotopic (exact) mass is 428 g/mol. The van der Waals surface area contributed by atoms with E-state index < -0.39 is 19.9 Å². The molecule has 0 aliphatic rings. The molecule has 1 aromatic carbocycles. The first-order chi connectivity index (χ1) is 13.1. The molecule has 6 nitrogen and oxygen atoms in total. The molecule has 2 aromatic rings. The fraction of sp³-hybridized carbons (Fsp3) is 0.474. The summed E-state index contributed by atoms with van der Waals surface area (Å²) in [6.45, 7) is 7.15. The van der Waals surface area contributed by atoms with Crippen LogP contribution in [0.25, 0.3) is 10.1 Å². The van der Waals surface area contributed by atoms with Crippen LogP contribution in [0.2, 0.25) is 25.7 Å². The molecule has 0 atom stereocenters. The standard InChI is InChI=1S/C19H25FO6SSi/c1-24-14-10-15-12(9-16(27-15)13(21)5-6-17(22)23)18(20)19(14)26-11-25-7-8-28(2,3)4/h9-10H,5-8,11H2,1-4H3,(H,22,23). The number of methoxy groups -OCH3 is 1. The Morgan fingerprint density at radius 2 is 1.93 bits per heavy atom. The number of Topliss-reactive ketones (excluding diaryl/α,β-unsaturated/α-hetero) is 1. The molecule has 0 saturated heterocycles. The summed E-state index contributed by atoms with van der Waals surface area (Å²) in [6.07, 6.45) is -0.392. The molecule has 0 saturated carbocycles. The lowest BCUT2D eigenvalue weighted by Crippen LogP contribution is -2.22. The maximum Gasteiger partial charge on any atom is 0.303 e. The fourth-order valence-electron chi connectivity index (χ4n) is 2.40. The molecule has 0 aliphatic carbocycles. The molecular weight excluding hydrogens is 403 g/mol. The Bertz CT molecular complexity index is 858. The van der Waals surface area contributed by atoms with Crippen molar-refractivity contribution in [2.24, 2.45) is 0 Å². The van der Waals surface area contributed by atoms with Crippen molar-refractivity contribution < 1.29 is 33.3 Å². The number of carbonyl (C=O) groups is 2. The summed E-state index contributed by atoms with van der Waals surface area (Å²) < 4.78 is 31.6. The molecule has 1 aromatic heterocycles. The maximum absolute atomic E-state index is 15.0. The minimum Gasteiger partial charge on any atom is -0.493 e. The van der Waals surface area contributed by atoms with E-state index in [1.807, 2.05) is 0 Å². The summed E-state index contributed by atoms with van der Waals surface area (Å²) in [5.74, 6) is -1.86. The third-order valence-corrected chi connectivity index (χ3v) is 6.85. The minimum absolute atomic E-state index is 0.0645. The fourth-order valence-corrected chi connectivity index (χ4v) is 4.21. The summed E-state index contributed by atoms with van der Waals surface area (Å²) in [5, 5.41) is 8.95. The molecule has 0 radical (unpaired) electrons. The van der Waals surface area contributed by atoms with Crippen molar-refractivity contribution in [3.05, 3.63) is 22.8 Å². The predicted octanol–water partition coefficient (Wildman–Crippen LogP) is 4.79. The zero-order chi connectivity index (χ0) is 20.9. The molecule has 2 rings (SSSR count). The van der Waals surface area contributed by atoms with Crippen LogP contribution in [0.4, 0.5) is 4.39 Å². The Hall–Kier alpha value is -1.97. The van der Waals surface area contributed by atoms with Crippen LogP contribution >= 0.6 is 11.3 Å². The SMILES string of the molecule is COc1cc2sc(C(=O)CCC(=O)O)cc2c(F)c1OCOCC[Si](C)(C)C. The number of halogens is 1. The lowest BCUT2D eigenvalue weighted by Gasteiger charge is -2.16. The van der Waals surface area contributed by atoms with E-state index in [4.69, 9.17) is 19.3 Å². The number of ether oxygens (including phenoxy) is 3. The number of aliphatic carboxylic acids is 1. The number of rotatable bonds is 11. The Labute approximate surface area is 168 Å². The minimum atomic E-state index is -1.22. The molecule has 0 aliphatic heterocycles. The molecule has 1 N–H and O–H groups in total. The summed E-state index contributed by atoms with van der Waals surface area (Å²) in [6, 6.07) is 4.01. The van der Waals surface area contributed by atoms with Crippen LogP contribution < -0.4 is 9.47 Å². The molecule has 154 valence electrons. The van der Waals surface area contributed by atoms with Gasteiger partial charge in [-0.2, -0.15) is 0 Å². The van der Waals surface area contributed by atoms with Crippen molar-refractivity contribution in [1.29, 1.82) is 0 Å². The van der Waals surface area contributed by atoms with E-state index in [0.29, 0.717) is 16.2 Å². The Balaban J connectivity index is 2.16. The number of carboxylic acids is 1.